The molecule has 2 saturated carbocycles. The number of carbonyl (C=O) groups is 1. The Morgan fingerprint density at radius 2 is 1.89 bits per heavy atom. The molecule has 8 heteroatoms. The van der Waals surface area contributed by atoms with E-state index in [2.05, 4.69) is 18.1 Å². The number of hydrogen-bond acceptors (Lipinski definition) is 3. The minimum atomic E-state index is -3.03. The quantitative estimate of drug-likeness (QED) is 0.525. The molecule has 2 aliphatic carbocycles. The minimum Gasteiger partial charge on any atom is -0.393 e. The van der Waals surface area contributed by atoms with Gasteiger partial charge in [0.05, 0.1) is 11.8 Å². The summed E-state index contributed by atoms with van der Waals surface area (Å²) in [6.45, 7) is 5.44. The zero-order valence-electron chi connectivity index (χ0n) is 20.8. The summed E-state index contributed by atoms with van der Waals surface area (Å²) >= 11 is 0. The van der Waals surface area contributed by atoms with Crippen LogP contribution < -0.4 is 0 Å². The van der Waals surface area contributed by atoms with Crippen molar-refractivity contribution in [2.24, 2.45) is 5.92 Å². The van der Waals surface area contributed by atoms with Gasteiger partial charge in [-0.05, 0) is 44.1 Å². The van der Waals surface area contributed by atoms with Crippen LogP contribution in [-0.2, 0) is 34.6 Å². The number of aryl methyl sites for hydroxylation is 1. The third-order valence-electron chi connectivity index (χ3n) is 7.16. The van der Waals surface area contributed by atoms with Gasteiger partial charge in [0, 0.05) is 42.8 Å². The van der Waals surface area contributed by atoms with Gasteiger partial charge in [-0.1, -0.05) is 26.7 Å². The number of alkyl halides is 2. The molecule has 35 heavy (non-hydrogen) atoms. The first-order valence-corrected chi connectivity index (χ1v) is 12.6. The Bertz CT molecular complexity index is 997. The summed E-state index contributed by atoms with van der Waals surface area (Å²) in [4.78, 5) is 14.9. The molecule has 192 valence electrons. The molecule has 2 atom stereocenters. The van der Waals surface area contributed by atoms with Crippen molar-refractivity contribution < 1.29 is 36.0 Å². The zero-order valence-corrected chi connectivity index (χ0v) is 22.1. The van der Waals surface area contributed by atoms with Crippen LogP contribution in [0, 0.1) is 18.9 Å². The summed E-state index contributed by atoms with van der Waals surface area (Å²) < 4.78 is 29.4. The number of benzene rings is 1. The van der Waals surface area contributed by atoms with E-state index in [0.29, 0.717) is 18.2 Å². The van der Waals surface area contributed by atoms with Crippen molar-refractivity contribution in [1.82, 2.24) is 14.7 Å². The number of rotatable bonds is 5. The van der Waals surface area contributed by atoms with Crippen molar-refractivity contribution >= 4 is 5.91 Å². The van der Waals surface area contributed by atoms with Crippen LogP contribution in [0.15, 0.2) is 24.3 Å². The fraction of sp³-hybridized carbons (Fsp3) is 0.630. The van der Waals surface area contributed by atoms with Crippen LogP contribution in [0.4, 0.5) is 8.78 Å². The molecular weight excluding hydrogens is 488 g/mol. The first-order valence-electron chi connectivity index (χ1n) is 12.6. The minimum absolute atomic E-state index is 0. The maximum atomic E-state index is 14.1. The second-order valence-electron chi connectivity index (χ2n) is 10.3. The summed E-state index contributed by atoms with van der Waals surface area (Å²) in [5, 5.41) is 13.1. The number of likely N-dealkylation sites (tertiary alicyclic amines) is 1. The second-order valence-corrected chi connectivity index (χ2v) is 10.3. The zero-order chi connectivity index (χ0) is 24.5. The van der Waals surface area contributed by atoms with Gasteiger partial charge in [0.15, 0.2) is 0 Å². The number of aromatic nitrogens is 2. The van der Waals surface area contributed by atoms with Crippen molar-refractivity contribution in [1.29, 1.82) is 0 Å². The van der Waals surface area contributed by atoms with Crippen LogP contribution in [0.3, 0.4) is 0 Å². The molecule has 1 amide bonds. The number of halogens is 2. The molecule has 0 spiro atoms. The summed E-state index contributed by atoms with van der Waals surface area (Å²) in [5.74, 6) is -2.63. The molecule has 2 heterocycles. The molecule has 1 aromatic heterocycles. The molecule has 0 bridgehead atoms. The first-order chi connectivity index (χ1) is 16.1. The Kier molecular flexibility index (Phi) is 9.18. The van der Waals surface area contributed by atoms with E-state index in [9.17, 15) is 13.6 Å². The van der Waals surface area contributed by atoms with E-state index >= 15 is 0 Å². The van der Waals surface area contributed by atoms with E-state index < -0.39 is 5.92 Å². The first kappa shape index (κ1) is 27.8. The van der Waals surface area contributed by atoms with Gasteiger partial charge >= 0.3 is 0 Å². The third kappa shape index (κ3) is 6.93. The molecule has 1 aliphatic heterocycles. The van der Waals surface area contributed by atoms with E-state index in [-0.39, 0.29) is 53.6 Å². The van der Waals surface area contributed by atoms with E-state index in [0.717, 1.165) is 50.2 Å². The molecule has 2 aromatic rings. The number of aliphatic hydroxyl groups excluding tert-OH is 1. The Hall–Kier alpha value is -1.75. The molecule has 0 unspecified atom stereocenters. The summed E-state index contributed by atoms with van der Waals surface area (Å²) in [6, 6.07) is 10.7. The summed E-state index contributed by atoms with van der Waals surface area (Å²) in [5.41, 5.74) is 2.52. The number of hydrogen-bond donors (Lipinski definition) is 1. The molecule has 1 aromatic carbocycles. The maximum absolute atomic E-state index is 14.1. The Morgan fingerprint density at radius 1 is 1.20 bits per heavy atom. The fourth-order valence-corrected chi connectivity index (χ4v) is 5.09. The number of nitrogens with zero attached hydrogens (tertiary/aromatic N) is 3. The average molecular weight is 525 g/mol. The summed E-state index contributed by atoms with van der Waals surface area (Å²) in [7, 11) is 0. The average Bonchev–Trinajstić information content (AvgIpc) is 3.14. The SMILES string of the molecule is Cc1[c-]c([C@H]2[C@@H](C)CCN2C(=O)Cn2nc(C3CC3)cc2C(C)(F)F)ccc1.OC1CCCC1.[Cr]. The van der Waals surface area contributed by atoms with Gasteiger partial charge in [-0.25, -0.2) is 0 Å². The summed E-state index contributed by atoms with van der Waals surface area (Å²) in [6.07, 6.45) is 7.46. The molecule has 1 saturated heterocycles. The number of aliphatic hydroxyl groups is 1. The van der Waals surface area contributed by atoms with Crippen LogP contribution in [0.1, 0.15) is 93.3 Å². The van der Waals surface area contributed by atoms with Crippen molar-refractivity contribution in [2.45, 2.75) is 96.2 Å². The van der Waals surface area contributed by atoms with Crippen LogP contribution in [0.25, 0.3) is 0 Å². The van der Waals surface area contributed by atoms with Gasteiger partial charge < -0.3 is 10.0 Å². The molecule has 5 nitrogen and oxygen atoms in total. The Balaban J connectivity index is 0.000000429. The van der Waals surface area contributed by atoms with Gasteiger partial charge in [0.1, 0.15) is 12.2 Å². The third-order valence-corrected chi connectivity index (χ3v) is 7.16. The van der Waals surface area contributed by atoms with Gasteiger partial charge in [0.2, 0.25) is 5.91 Å². The number of amides is 1. The largest absolute Gasteiger partial charge is 0.393 e. The molecule has 3 aliphatic rings. The van der Waals surface area contributed by atoms with Crippen molar-refractivity contribution in [2.75, 3.05) is 6.54 Å². The van der Waals surface area contributed by atoms with Crippen molar-refractivity contribution in [3.05, 3.63) is 52.8 Å². The van der Waals surface area contributed by atoms with Crippen LogP contribution in [-0.4, -0.2) is 38.3 Å². The Labute approximate surface area is 218 Å². The predicted molar refractivity (Wildman–Crippen MR) is 126 cm³/mol. The van der Waals surface area contributed by atoms with E-state index in [1.165, 1.54) is 23.6 Å². The fourth-order valence-electron chi connectivity index (χ4n) is 5.09. The van der Waals surface area contributed by atoms with Gasteiger partial charge in [-0.2, -0.15) is 43.7 Å². The van der Waals surface area contributed by atoms with E-state index in [1.54, 1.807) is 0 Å². The van der Waals surface area contributed by atoms with Gasteiger partial charge in [0.25, 0.3) is 5.92 Å². The Morgan fingerprint density at radius 3 is 2.43 bits per heavy atom. The monoisotopic (exact) mass is 524 g/mol. The van der Waals surface area contributed by atoms with E-state index in [4.69, 9.17) is 5.11 Å². The number of carbonyl (C=O) groups excluding carboxylic acids is 1. The predicted octanol–water partition coefficient (Wildman–Crippen LogP) is 5.51. The standard InChI is InChI=1S/C22H26F2N3O.C5H10O.Cr/c1-14-5-4-6-17(11-14)21-15(2)9-10-26(21)20(28)13-27-19(22(3,23)24)12-18(25-27)16-7-8-16;6-5-3-1-2-4-5;/h4-6,12,15-16,21H,7-10,13H2,1-3H3;5-6H,1-4H2;/q-1;;/t15-,21+;;/m0../s1. The second kappa shape index (κ2) is 11.5. The molecule has 5 rings (SSSR count). The maximum Gasteiger partial charge on any atom is 0.286 e. The van der Waals surface area contributed by atoms with Crippen LogP contribution >= 0.6 is 0 Å². The van der Waals surface area contributed by atoms with E-state index in [1.807, 2.05) is 30.0 Å². The molecule has 3 fully saturated rings. The van der Waals surface area contributed by atoms with Gasteiger partial charge in [-0.15, -0.1) is 5.56 Å². The van der Waals surface area contributed by atoms with Crippen LogP contribution in [0.2, 0.25) is 0 Å². The molecule has 1 N–H and O–H groups in total. The van der Waals surface area contributed by atoms with Crippen LogP contribution in [0.5, 0.6) is 0 Å². The van der Waals surface area contributed by atoms with Gasteiger partial charge in [-0.3, -0.25) is 9.48 Å². The smallest absolute Gasteiger partial charge is 0.286 e. The topological polar surface area (TPSA) is 58.4 Å². The normalized spacial score (nSPS) is 22.5. The molecule has 0 radical (unpaired) electrons. The molecular formula is C27H36CrF2N3O2-. The van der Waals surface area contributed by atoms with Crippen molar-refractivity contribution in [3.8, 4) is 0 Å². The van der Waals surface area contributed by atoms with Crippen molar-refractivity contribution in [3.63, 3.8) is 0 Å².